The predicted octanol–water partition coefficient (Wildman–Crippen LogP) is 0.344. The summed E-state index contributed by atoms with van der Waals surface area (Å²) in [6.07, 6.45) is 11.1. The van der Waals surface area contributed by atoms with Crippen molar-refractivity contribution in [1.82, 2.24) is 30.8 Å². The van der Waals surface area contributed by atoms with E-state index in [4.69, 9.17) is 10.7 Å². The van der Waals surface area contributed by atoms with Crippen LogP contribution in [0.2, 0.25) is 0 Å². The lowest BCUT2D eigenvalue weighted by Crippen LogP contribution is -2.62. The van der Waals surface area contributed by atoms with E-state index >= 15 is 0 Å². The molecule has 2 aliphatic rings. The van der Waals surface area contributed by atoms with Gasteiger partial charge in [-0.2, -0.15) is 4.99 Å². The van der Waals surface area contributed by atoms with Crippen molar-refractivity contribution in [2.24, 2.45) is 15.7 Å². The lowest BCUT2D eigenvalue weighted by Gasteiger charge is -2.33. The minimum atomic E-state index is -0.911. The first-order valence-electron chi connectivity index (χ1n) is 9.91. The van der Waals surface area contributed by atoms with Crippen LogP contribution in [0.4, 0.5) is 0 Å². The molecule has 1 unspecified atom stereocenters. The summed E-state index contributed by atoms with van der Waals surface area (Å²) in [5, 5.41) is 10.1. The number of likely N-dealkylation sites (N-methyl/N-ethyl adjacent to an activating group) is 1. The number of nitrogens with one attached hydrogen (secondary N) is 4. The SMILES string of the molecule is CN(C)CCNC1=NC(NC2CCCCC2)=NC(N)(CCc2ncc[nH]2)N1. The molecule has 1 aliphatic heterocycles. The fraction of sp³-hybridized carbons (Fsp3) is 0.722. The zero-order valence-corrected chi connectivity index (χ0v) is 16.5. The number of aromatic amines is 1. The highest BCUT2D eigenvalue weighted by atomic mass is 15.4. The summed E-state index contributed by atoms with van der Waals surface area (Å²) in [6, 6.07) is 0.427. The Hall–Kier alpha value is -2.13. The zero-order chi connectivity index (χ0) is 19.1. The van der Waals surface area contributed by atoms with Crippen molar-refractivity contribution in [1.29, 1.82) is 0 Å². The van der Waals surface area contributed by atoms with Crippen LogP contribution in [-0.4, -0.2) is 65.8 Å². The van der Waals surface area contributed by atoms with Gasteiger partial charge in [-0.25, -0.2) is 9.98 Å². The Labute approximate surface area is 161 Å². The van der Waals surface area contributed by atoms with Gasteiger partial charge in [0.2, 0.25) is 11.9 Å². The van der Waals surface area contributed by atoms with Gasteiger partial charge in [0.15, 0.2) is 5.79 Å². The van der Waals surface area contributed by atoms with Gasteiger partial charge in [0, 0.05) is 44.4 Å². The van der Waals surface area contributed by atoms with Crippen LogP contribution >= 0.6 is 0 Å². The molecule has 9 nitrogen and oxygen atoms in total. The number of H-pyrrole nitrogens is 1. The van der Waals surface area contributed by atoms with E-state index in [0.717, 1.165) is 31.8 Å². The maximum Gasteiger partial charge on any atom is 0.224 e. The summed E-state index contributed by atoms with van der Waals surface area (Å²) in [6.45, 7) is 1.69. The van der Waals surface area contributed by atoms with Crippen LogP contribution in [0.25, 0.3) is 0 Å². The maximum absolute atomic E-state index is 6.58. The number of aromatic nitrogens is 2. The van der Waals surface area contributed by atoms with Crippen molar-refractivity contribution >= 4 is 11.9 Å². The third-order valence-corrected chi connectivity index (χ3v) is 4.95. The molecule has 1 aliphatic carbocycles. The van der Waals surface area contributed by atoms with Crippen LogP contribution in [0.5, 0.6) is 0 Å². The average molecular weight is 376 g/mol. The Bertz CT molecular complexity index is 631. The normalized spacial score (nSPS) is 23.6. The molecule has 1 saturated carbocycles. The van der Waals surface area contributed by atoms with Gasteiger partial charge in [0.25, 0.3) is 0 Å². The lowest BCUT2D eigenvalue weighted by atomic mass is 9.96. The molecule has 150 valence electrons. The van der Waals surface area contributed by atoms with Gasteiger partial charge >= 0.3 is 0 Å². The van der Waals surface area contributed by atoms with E-state index in [1.165, 1.54) is 19.3 Å². The van der Waals surface area contributed by atoms with Gasteiger partial charge < -0.3 is 25.8 Å². The Balaban J connectivity index is 1.66. The summed E-state index contributed by atoms with van der Waals surface area (Å²) in [4.78, 5) is 18.8. The minimum absolute atomic E-state index is 0.427. The topological polar surface area (TPSA) is 119 Å². The molecular formula is C18H33N9. The quantitative estimate of drug-likeness (QED) is 0.469. The van der Waals surface area contributed by atoms with Gasteiger partial charge in [0.05, 0.1) is 0 Å². The maximum atomic E-state index is 6.58. The molecule has 0 amide bonds. The molecule has 0 aromatic carbocycles. The molecule has 6 N–H and O–H groups in total. The number of aryl methyl sites for hydroxylation is 1. The van der Waals surface area contributed by atoms with Crippen molar-refractivity contribution < 1.29 is 0 Å². The third-order valence-electron chi connectivity index (χ3n) is 4.95. The van der Waals surface area contributed by atoms with Crippen molar-refractivity contribution in [3.05, 3.63) is 18.2 Å². The number of rotatable bonds is 7. The van der Waals surface area contributed by atoms with E-state index < -0.39 is 5.79 Å². The van der Waals surface area contributed by atoms with Crippen LogP contribution in [-0.2, 0) is 6.42 Å². The molecular weight excluding hydrogens is 342 g/mol. The number of nitrogens with two attached hydrogens (primary N) is 1. The zero-order valence-electron chi connectivity index (χ0n) is 16.5. The molecule has 2 heterocycles. The minimum Gasteiger partial charge on any atom is -0.355 e. The molecule has 27 heavy (non-hydrogen) atoms. The van der Waals surface area contributed by atoms with E-state index in [0.29, 0.717) is 30.8 Å². The molecule has 1 aromatic rings. The van der Waals surface area contributed by atoms with Crippen molar-refractivity contribution in [3.63, 3.8) is 0 Å². The summed E-state index contributed by atoms with van der Waals surface area (Å²) < 4.78 is 0. The highest BCUT2D eigenvalue weighted by molar-refractivity contribution is 5.97. The van der Waals surface area contributed by atoms with Gasteiger partial charge in [-0.05, 0) is 26.9 Å². The van der Waals surface area contributed by atoms with Crippen LogP contribution < -0.4 is 21.7 Å². The van der Waals surface area contributed by atoms with E-state index in [-0.39, 0.29) is 0 Å². The predicted molar refractivity (Wildman–Crippen MR) is 108 cm³/mol. The van der Waals surface area contributed by atoms with Crippen molar-refractivity contribution in [2.45, 2.75) is 56.8 Å². The second-order valence-electron chi connectivity index (χ2n) is 7.69. The Kier molecular flexibility index (Phi) is 6.68. The molecule has 0 bridgehead atoms. The first kappa shape index (κ1) is 19.6. The van der Waals surface area contributed by atoms with Crippen molar-refractivity contribution in [3.8, 4) is 0 Å². The summed E-state index contributed by atoms with van der Waals surface area (Å²) >= 11 is 0. The monoisotopic (exact) mass is 375 g/mol. The molecule has 1 fully saturated rings. The molecule has 9 heteroatoms. The van der Waals surface area contributed by atoms with Crippen LogP contribution in [0.1, 0.15) is 44.3 Å². The molecule has 1 aromatic heterocycles. The van der Waals surface area contributed by atoms with Gasteiger partial charge in [-0.15, -0.1) is 0 Å². The number of hydrogen-bond donors (Lipinski definition) is 5. The second kappa shape index (κ2) is 9.18. The standard InChI is InChI=1S/C18H33N9/c1-27(2)13-12-22-16-24-17(23-14-6-4-3-5-7-14)26-18(19,25-16)9-8-15-20-10-11-21-15/h10-11,14H,3-9,12-13,19H2,1-2H3,(H,20,21)(H3,22,23,24,25,26). The average Bonchev–Trinajstić information content (AvgIpc) is 3.14. The molecule has 0 radical (unpaired) electrons. The number of imidazole rings is 1. The summed E-state index contributed by atoms with van der Waals surface area (Å²) in [5.41, 5.74) is 6.58. The Morgan fingerprint density at radius 1 is 1.30 bits per heavy atom. The van der Waals surface area contributed by atoms with Gasteiger partial charge in [-0.3, -0.25) is 5.73 Å². The van der Waals surface area contributed by atoms with Crippen LogP contribution in [0.3, 0.4) is 0 Å². The van der Waals surface area contributed by atoms with E-state index in [9.17, 15) is 0 Å². The van der Waals surface area contributed by atoms with Gasteiger partial charge in [-0.1, -0.05) is 19.3 Å². The number of hydrogen-bond acceptors (Lipinski definition) is 8. The van der Waals surface area contributed by atoms with Crippen LogP contribution in [0, 0.1) is 0 Å². The largest absolute Gasteiger partial charge is 0.355 e. The van der Waals surface area contributed by atoms with E-state index in [1.54, 1.807) is 6.20 Å². The highest BCUT2D eigenvalue weighted by Crippen LogP contribution is 2.18. The van der Waals surface area contributed by atoms with E-state index in [1.807, 2.05) is 20.3 Å². The summed E-state index contributed by atoms with van der Waals surface area (Å²) in [7, 11) is 4.10. The number of guanidine groups is 2. The number of nitrogens with zero attached hydrogens (tertiary/aromatic N) is 4. The fourth-order valence-electron chi connectivity index (χ4n) is 3.42. The smallest absolute Gasteiger partial charge is 0.224 e. The molecule has 3 rings (SSSR count). The highest BCUT2D eigenvalue weighted by Gasteiger charge is 2.31. The second-order valence-corrected chi connectivity index (χ2v) is 7.69. The summed E-state index contributed by atoms with van der Waals surface area (Å²) in [5.74, 6) is 1.29. The van der Waals surface area contributed by atoms with Crippen LogP contribution in [0.15, 0.2) is 22.4 Å². The molecule has 0 saturated heterocycles. The Morgan fingerprint density at radius 3 is 2.81 bits per heavy atom. The lowest BCUT2D eigenvalue weighted by molar-refractivity contribution is 0.358. The fourth-order valence-corrected chi connectivity index (χ4v) is 3.42. The molecule has 0 spiro atoms. The number of aliphatic imine (C=N–C) groups is 2. The van der Waals surface area contributed by atoms with E-state index in [2.05, 4.69) is 35.8 Å². The first-order chi connectivity index (χ1) is 13.0. The van der Waals surface area contributed by atoms with Crippen molar-refractivity contribution in [2.75, 3.05) is 27.2 Å². The molecule has 1 atom stereocenters. The third kappa shape index (κ3) is 6.21. The Morgan fingerprint density at radius 2 is 2.11 bits per heavy atom. The van der Waals surface area contributed by atoms with Gasteiger partial charge in [0.1, 0.15) is 5.82 Å². The first-order valence-corrected chi connectivity index (χ1v) is 9.91.